The number of fused-ring (bicyclic) bond motifs is 1. The summed E-state index contributed by atoms with van der Waals surface area (Å²) in [6.07, 6.45) is 3.16. The van der Waals surface area contributed by atoms with Gasteiger partial charge in [-0.3, -0.25) is 4.68 Å². The first-order valence-corrected chi connectivity index (χ1v) is 6.20. The molecule has 0 fully saturated rings. The van der Waals surface area contributed by atoms with Crippen LogP contribution in [-0.4, -0.2) is 31.8 Å². The van der Waals surface area contributed by atoms with E-state index >= 15 is 0 Å². The number of nitrogen functional groups attached to an aromatic ring is 1. The van der Waals surface area contributed by atoms with Gasteiger partial charge in [0.25, 0.3) is 0 Å². The lowest BCUT2D eigenvalue weighted by molar-refractivity contribution is 0.734. The summed E-state index contributed by atoms with van der Waals surface area (Å²) in [6.45, 7) is 0.592. The van der Waals surface area contributed by atoms with Gasteiger partial charge in [0.15, 0.2) is 5.82 Å². The van der Waals surface area contributed by atoms with Crippen molar-refractivity contribution in [3.63, 3.8) is 0 Å². The fourth-order valence-corrected chi connectivity index (χ4v) is 2.19. The Balaban J connectivity index is 2.01. The zero-order valence-corrected chi connectivity index (χ0v) is 11.4. The summed E-state index contributed by atoms with van der Waals surface area (Å²) in [5.74, 6) is 1.23. The maximum absolute atomic E-state index is 5.98. The van der Waals surface area contributed by atoms with Crippen molar-refractivity contribution >= 4 is 22.4 Å². The predicted octanol–water partition coefficient (Wildman–Crippen LogP) is 0.977. The van der Waals surface area contributed by atoms with Gasteiger partial charge in [-0.25, -0.2) is 15.0 Å². The second-order valence-electron chi connectivity index (χ2n) is 4.62. The highest BCUT2D eigenvalue weighted by atomic mass is 15.3. The van der Waals surface area contributed by atoms with Crippen LogP contribution in [0.25, 0.3) is 10.9 Å². The Kier molecular flexibility index (Phi) is 2.94. The van der Waals surface area contributed by atoms with Gasteiger partial charge in [0.05, 0.1) is 23.1 Å². The van der Waals surface area contributed by atoms with E-state index in [2.05, 4.69) is 20.1 Å². The molecule has 3 rings (SSSR count). The van der Waals surface area contributed by atoms with Crippen molar-refractivity contribution in [3.8, 4) is 0 Å². The minimum absolute atomic E-state index is 0.478. The molecule has 0 aliphatic heterocycles. The van der Waals surface area contributed by atoms with Gasteiger partial charge in [0.2, 0.25) is 0 Å². The maximum Gasteiger partial charge on any atom is 0.169 e. The Morgan fingerprint density at radius 1 is 1.25 bits per heavy atom. The van der Waals surface area contributed by atoms with E-state index in [1.807, 2.05) is 37.2 Å². The van der Waals surface area contributed by atoms with E-state index in [1.54, 1.807) is 11.0 Å². The van der Waals surface area contributed by atoms with E-state index in [0.29, 0.717) is 12.4 Å². The van der Waals surface area contributed by atoms with Crippen LogP contribution in [0.15, 0.2) is 30.9 Å². The van der Waals surface area contributed by atoms with Gasteiger partial charge in [0.1, 0.15) is 18.5 Å². The third-order valence-electron chi connectivity index (χ3n) is 3.11. The van der Waals surface area contributed by atoms with Crippen LogP contribution >= 0.6 is 0 Å². The summed E-state index contributed by atoms with van der Waals surface area (Å²) in [4.78, 5) is 14.6. The molecule has 0 atom stereocenters. The minimum atomic E-state index is 0.478. The second kappa shape index (κ2) is 4.76. The molecule has 102 valence electrons. The first-order chi connectivity index (χ1) is 9.65. The molecule has 20 heavy (non-hydrogen) atoms. The van der Waals surface area contributed by atoms with Gasteiger partial charge in [0, 0.05) is 14.1 Å². The van der Waals surface area contributed by atoms with E-state index in [4.69, 9.17) is 5.73 Å². The summed E-state index contributed by atoms with van der Waals surface area (Å²) in [5, 5.41) is 5.14. The van der Waals surface area contributed by atoms with Crippen LogP contribution in [0.4, 0.5) is 11.5 Å². The molecular weight excluding hydrogens is 254 g/mol. The molecule has 0 saturated carbocycles. The summed E-state index contributed by atoms with van der Waals surface area (Å²) >= 11 is 0. The Hall–Kier alpha value is -2.70. The molecule has 7 nitrogen and oxygen atoms in total. The molecule has 0 aliphatic rings. The van der Waals surface area contributed by atoms with Crippen LogP contribution < -0.4 is 10.6 Å². The van der Waals surface area contributed by atoms with Crippen molar-refractivity contribution in [2.24, 2.45) is 7.05 Å². The number of benzene rings is 1. The molecule has 7 heteroatoms. The number of aryl methyl sites for hydroxylation is 1. The van der Waals surface area contributed by atoms with Gasteiger partial charge in [-0.05, 0) is 12.1 Å². The maximum atomic E-state index is 5.98. The molecule has 0 unspecified atom stereocenters. The zero-order valence-electron chi connectivity index (χ0n) is 11.4. The Bertz CT molecular complexity index is 744. The van der Waals surface area contributed by atoms with Crippen molar-refractivity contribution in [1.29, 1.82) is 0 Å². The van der Waals surface area contributed by atoms with Gasteiger partial charge in [-0.2, -0.15) is 5.10 Å². The third-order valence-corrected chi connectivity index (χ3v) is 3.11. The quantitative estimate of drug-likeness (QED) is 0.762. The summed E-state index contributed by atoms with van der Waals surface area (Å²) < 4.78 is 1.68. The van der Waals surface area contributed by atoms with Gasteiger partial charge in [-0.1, -0.05) is 6.07 Å². The van der Waals surface area contributed by atoms with Crippen molar-refractivity contribution < 1.29 is 0 Å². The van der Waals surface area contributed by atoms with Crippen LogP contribution in [0.3, 0.4) is 0 Å². The smallest absolute Gasteiger partial charge is 0.169 e. The van der Waals surface area contributed by atoms with E-state index in [-0.39, 0.29) is 0 Å². The number of hydrogen-bond acceptors (Lipinski definition) is 6. The minimum Gasteiger partial charge on any atom is -0.383 e. The number of nitrogens with zero attached hydrogens (tertiary/aromatic N) is 6. The van der Waals surface area contributed by atoms with E-state index in [1.165, 1.54) is 6.33 Å². The molecule has 1 aromatic carbocycles. The third kappa shape index (κ3) is 2.13. The topological polar surface area (TPSA) is 85.8 Å². The lowest BCUT2D eigenvalue weighted by atomic mass is 10.2. The fraction of sp³-hybridized carbons (Fsp3) is 0.231. The highest BCUT2D eigenvalue weighted by Crippen LogP contribution is 2.28. The highest BCUT2D eigenvalue weighted by molar-refractivity contribution is 5.98. The second-order valence-corrected chi connectivity index (χ2v) is 4.62. The molecule has 2 aromatic heterocycles. The average Bonchev–Trinajstić information content (AvgIpc) is 2.84. The largest absolute Gasteiger partial charge is 0.383 e. The number of nitrogens with two attached hydrogens (primary N) is 1. The van der Waals surface area contributed by atoms with Crippen molar-refractivity contribution in [3.05, 3.63) is 36.7 Å². The summed E-state index contributed by atoms with van der Waals surface area (Å²) in [7, 11) is 3.82. The van der Waals surface area contributed by atoms with E-state index < -0.39 is 0 Å². The monoisotopic (exact) mass is 269 g/mol. The van der Waals surface area contributed by atoms with E-state index in [0.717, 1.165) is 22.4 Å². The lowest BCUT2D eigenvalue weighted by Gasteiger charge is -2.19. The van der Waals surface area contributed by atoms with Crippen LogP contribution in [0, 0.1) is 0 Å². The normalized spacial score (nSPS) is 10.9. The number of anilines is 2. The Labute approximate surface area is 116 Å². The van der Waals surface area contributed by atoms with Gasteiger partial charge >= 0.3 is 0 Å². The molecule has 0 bridgehead atoms. The SMILES string of the molecule is CN(Cc1ncn(C)n1)c1cccc2ncnc(N)c12. The molecule has 0 aliphatic carbocycles. The first-order valence-electron chi connectivity index (χ1n) is 6.20. The van der Waals surface area contributed by atoms with Crippen molar-refractivity contribution in [2.75, 3.05) is 17.7 Å². The van der Waals surface area contributed by atoms with Crippen molar-refractivity contribution in [1.82, 2.24) is 24.7 Å². The van der Waals surface area contributed by atoms with Crippen molar-refractivity contribution in [2.45, 2.75) is 6.54 Å². The standard InChI is InChI=1S/C13H15N7/c1-19(6-11-17-8-20(2)18-11)10-5-3-4-9-12(10)13(14)16-7-15-9/h3-5,7-8H,6H2,1-2H3,(H2,14,15,16). The summed E-state index contributed by atoms with van der Waals surface area (Å²) in [5.41, 5.74) is 7.77. The predicted molar refractivity (Wildman–Crippen MR) is 77.1 cm³/mol. The fourth-order valence-electron chi connectivity index (χ4n) is 2.19. The summed E-state index contributed by atoms with van der Waals surface area (Å²) in [6, 6.07) is 5.86. The molecule has 0 saturated heterocycles. The van der Waals surface area contributed by atoms with Crippen LogP contribution in [0.2, 0.25) is 0 Å². The average molecular weight is 269 g/mol. The molecule has 3 aromatic rings. The molecule has 2 heterocycles. The number of hydrogen-bond donors (Lipinski definition) is 1. The van der Waals surface area contributed by atoms with Crippen LogP contribution in [0.5, 0.6) is 0 Å². The number of rotatable bonds is 3. The molecule has 2 N–H and O–H groups in total. The van der Waals surface area contributed by atoms with Gasteiger partial charge in [-0.15, -0.1) is 0 Å². The zero-order chi connectivity index (χ0) is 14.1. The van der Waals surface area contributed by atoms with E-state index in [9.17, 15) is 0 Å². The molecule has 0 radical (unpaired) electrons. The molecule has 0 amide bonds. The van der Waals surface area contributed by atoms with Gasteiger partial charge < -0.3 is 10.6 Å². The lowest BCUT2D eigenvalue weighted by Crippen LogP contribution is -2.18. The Morgan fingerprint density at radius 3 is 2.85 bits per heavy atom. The molecular formula is C13H15N7. The van der Waals surface area contributed by atoms with Crippen LogP contribution in [-0.2, 0) is 13.6 Å². The first kappa shape index (κ1) is 12.3. The Morgan fingerprint density at radius 2 is 2.10 bits per heavy atom. The van der Waals surface area contributed by atoms with Crippen LogP contribution in [0.1, 0.15) is 5.82 Å². The number of aromatic nitrogens is 5. The molecule has 0 spiro atoms. The highest BCUT2D eigenvalue weighted by Gasteiger charge is 2.12.